The number of piperidine rings is 2. The Bertz CT molecular complexity index is 2850. The Morgan fingerprint density at radius 1 is 1.04 bits per heavy atom. The lowest BCUT2D eigenvalue weighted by molar-refractivity contribution is -0.384. The van der Waals surface area contributed by atoms with Gasteiger partial charge in [0.1, 0.15) is 34.3 Å². The average Bonchev–Trinajstić information content (AvgIpc) is 3.98. The van der Waals surface area contributed by atoms with Gasteiger partial charge >= 0.3 is 0 Å². The minimum atomic E-state index is -4.77. The molecule has 0 radical (unpaired) electrons. The van der Waals surface area contributed by atoms with Crippen molar-refractivity contribution < 1.29 is 31.7 Å². The molecular formula is C50H58F2N8O6S. The summed E-state index contributed by atoms with van der Waals surface area (Å²) in [7, 11) is -4.77. The van der Waals surface area contributed by atoms with Crippen LogP contribution in [-0.4, -0.2) is 78.6 Å². The number of anilines is 2. The van der Waals surface area contributed by atoms with Crippen LogP contribution in [0, 0.1) is 21.3 Å². The van der Waals surface area contributed by atoms with Crippen molar-refractivity contribution in [3.8, 4) is 11.5 Å². The highest BCUT2D eigenvalue weighted by Gasteiger charge is 2.50. The number of H-pyrrole nitrogens is 1. The lowest BCUT2D eigenvalue weighted by atomic mass is 9.59. The Kier molecular flexibility index (Phi) is 12.5. The van der Waals surface area contributed by atoms with E-state index in [0.29, 0.717) is 48.7 Å². The van der Waals surface area contributed by atoms with Gasteiger partial charge in [-0.3, -0.25) is 19.8 Å². The van der Waals surface area contributed by atoms with E-state index in [2.05, 4.69) is 63.6 Å². The number of carbonyl (C=O) groups is 1. The number of benzene rings is 3. The first kappa shape index (κ1) is 46.1. The number of alkyl halides is 1. The average molecular weight is 937 g/mol. The quantitative estimate of drug-likeness (QED) is 0.0653. The number of halogens is 2. The largest absolute Gasteiger partial charge is 0.455 e. The fourth-order valence-electron chi connectivity index (χ4n) is 10.7. The Balaban J connectivity index is 0.919. The molecular weight excluding hydrogens is 879 g/mol. The van der Waals surface area contributed by atoms with Crippen molar-refractivity contribution in [2.75, 3.05) is 42.9 Å². The molecule has 4 aliphatic rings. The summed E-state index contributed by atoms with van der Waals surface area (Å²) in [6.45, 7) is 10.7. The van der Waals surface area contributed by atoms with Crippen LogP contribution in [0.25, 0.3) is 11.0 Å². The summed E-state index contributed by atoms with van der Waals surface area (Å²) in [6, 6.07) is 18.7. The minimum absolute atomic E-state index is 0.0878. The maximum absolute atomic E-state index is 16.4. The number of fused-ring (bicyclic) bond motifs is 1. The zero-order chi connectivity index (χ0) is 47.3. The zero-order valence-corrected chi connectivity index (χ0v) is 39.1. The summed E-state index contributed by atoms with van der Waals surface area (Å²) in [5, 5.41) is 18.9. The molecule has 1 saturated carbocycles. The van der Waals surface area contributed by atoms with E-state index in [1.807, 2.05) is 23.5 Å². The fraction of sp³-hybridized carbons (Fsp3) is 0.440. The second kappa shape index (κ2) is 18.2. The Morgan fingerprint density at radius 2 is 1.82 bits per heavy atom. The van der Waals surface area contributed by atoms with Crippen LogP contribution in [0.5, 0.6) is 11.5 Å². The summed E-state index contributed by atoms with van der Waals surface area (Å²) >= 11 is 0. The van der Waals surface area contributed by atoms with Gasteiger partial charge in [0.05, 0.1) is 27.3 Å². The maximum Gasteiger partial charge on any atom is 0.293 e. The molecule has 3 aromatic carbocycles. The van der Waals surface area contributed by atoms with Gasteiger partial charge in [0.25, 0.3) is 21.6 Å². The molecule has 2 atom stereocenters. The number of likely N-dealkylation sites (tertiary alicyclic amines) is 1. The van der Waals surface area contributed by atoms with E-state index >= 15 is 8.78 Å². The molecule has 1 amide bonds. The number of hydrogen-bond donors (Lipinski definition) is 4. The highest BCUT2D eigenvalue weighted by atomic mass is 32.2. The SMILES string of the molecule is CC(C)=C1CC(F)(CNc2ccc(S(=O)(=O)NC(=O)c3cc(F)c(N4CCC5(CC4)CC(N4CCCC4c4ccccc4C(C)C)C5)cc3Oc3cnc4[nH]ccc4c3)cc2[N+](=O)[O-])CCN1. The summed E-state index contributed by atoms with van der Waals surface area (Å²) in [4.78, 5) is 36.9. The molecule has 0 bridgehead atoms. The van der Waals surface area contributed by atoms with E-state index in [0.717, 1.165) is 68.1 Å². The molecule has 9 rings (SSSR count). The molecule has 67 heavy (non-hydrogen) atoms. The molecule has 5 heterocycles. The van der Waals surface area contributed by atoms with Gasteiger partial charge < -0.3 is 25.3 Å². The number of aromatic amines is 1. The van der Waals surface area contributed by atoms with Crippen molar-refractivity contribution in [1.82, 2.24) is 24.9 Å². The summed E-state index contributed by atoms with van der Waals surface area (Å²) in [5.41, 5.74) is 2.72. The van der Waals surface area contributed by atoms with Crippen LogP contribution in [0.15, 0.2) is 95.3 Å². The molecule has 1 spiro atoms. The topological polar surface area (TPSA) is 175 Å². The Labute approximate surface area is 389 Å². The first-order valence-electron chi connectivity index (χ1n) is 23.2. The summed E-state index contributed by atoms with van der Waals surface area (Å²) in [6.07, 6.45) is 9.68. The van der Waals surface area contributed by atoms with Gasteiger partial charge in [-0.1, -0.05) is 43.7 Å². The number of amides is 1. The van der Waals surface area contributed by atoms with E-state index < -0.39 is 48.5 Å². The third kappa shape index (κ3) is 9.44. The first-order chi connectivity index (χ1) is 32.0. The predicted molar refractivity (Wildman–Crippen MR) is 254 cm³/mol. The van der Waals surface area contributed by atoms with Gasteiger partial charge in [0, 0.05) is 80.5 Å². The van der Waals surface area contributed by atoms with Gasteiger partial charge in [-0.15, -0.1) is 0 Å². The van der Waals surface area contributed by atoms with Crippen LogP contribution in [-0.2, 0) is 10.0 Å². The van der Waals surface area contributed by atoms with Crippen molar-refractivity contribution in [2.24, 2.45) is 5.41 Å². The molecule has 4 fully saturated rings. The normalized spacial score (nSPS) is 21.0. The van der Waals surface area contributed by atoms with E-state index in [1.54, 1.807) is 18.3 Å². The molecule has 354 valence electrons. The Morgan fingerprint density at radius 3 is 2.57 bits per heavy atom. The van der Waals surface area contributed by atoms with Crippen molar-refractivity contribution in [1.29, 1.82) is 0 Å². The zero-order valence-electron chi connectivity index (χ0n) is 38.3. The van der Waals surface area contributed by atoms with Crippen LogP contribution in [0.3, 0.4) is 0 Å². The van der Waals surface area contributed by atoms with Gasteiger partial charge in [-0.2, -0.15) is 0 Å². The van der Waals surface area contributed by atoms with E-state index in [-0.39, 0.29) is 47.7 Å². The number of nitro benzene ring substituents is 1. The molecule has 3 saturated heterocycles. The molecule has 2 unspecified atom stereocenters. The van der Waals surface area contributed by atoms with E-state index in [1.165, 1.54) is 35.9 Å². The van der Waals surface area contributed by atoms with Gasteiger partial charge in [0.15, 0.2) is 0 Å². The van der Waals surface area contributed by atoms with Crippen molar-refractivity contribution in [3.63, 3.8) is 0 Å². The van der Waals surface area contributed by atoms with E-state index in [9.17, 15) is 23.3 Å². The van der Waals surface area contributed by atoms with Crippen LogP contribution < -0.4 is 25.0 Å². The number of pyridine rings is 1. The monoisotopic (exact) mass is 936 g/mol. The first-order valence-corrected chi connectivity index (χ1v) is 24.7. The molecule has 5 aromatic rings. The lowest BCUT2D eigenvalue weighted by Gasteiger charge is -2.56. The predicted octanol–water partition coefficient (Wildman–Crippen LogP) is 10.0. The van der Waals surface area contributed by atoms with Crippen molar-refractivity contribution in [2.45, 2.75) is 108 Å². The molecule has 3 aliphatic heterocycles. The molecule has 2 aromatic heterocycles. The lowest BCUT2D eigenvalue weighted by Crippen LogP contribution is -2.55. The molecule has 1 aliphatic carbocycles. The van der Waals surface area contributed by atoms with Crippen LogP contribution in [0.4, 0.5) is 25.8 Å². The van der Waals surface area contributed by atoms with Crippen LogP contribution in [0.2, 0.25) is 0 Å². The number of aromatic nitrogens is 2. The number of ether oxygens (including phenoxy) is 1. The van der Waals surface area contributed by atoms with Crippen LogP contribution >= 0.6 is 0 Å². The van der Waals surface area contributed by atoms with Gasteiger partial charge in [-0.05, 0) is 112 Å². The van der Waals surface area contributed by atoms with Gasteiger partial charge in [0.2, 0.25) is 0 Å². The standard InChI is InChI=1S/C50H58F2N8O6S/c1-31(2)37-8-5-6-9-38(37)43-10-7-19-59(43)34-26-49(27-34)15-20-58(21-16-49)44-25-46(66-35-22-33-13-17-54-47(33)55-29-35)39(24-40(44)51)48(61)57-67(64,65)36-11-12-41(45(23-36)60(62)63)56-30-50(52)14-18-53-42(28-50)32(3)4/h5-6,8-9,11-13,17,22-25,29,31,34,43,53,56H,7,10,14-16,18-21,26-28,30H2,1-4H3,(H,54,55)(H,57,61). The fourth-order valence-corrected chi connectivity index (χ4v) is 11.7. The second-order valence-corrected chi connectivity index (χ2v) is 21.1. The number of nitro groups is 1. The third-order valence-corrected chi connectivity index (χ3v) is 15.8. The maximum atomic E-state index is 16.4. The third-order valence-electron chi connectivity index (χ3n) is 14.4. The minimum Gasteiger partial charge on any atom is -0.455 e. The smallest absolute Gasteiger partial charge is 0.293 e. The number of rotatable bonds is 13. The highest BCUT2D eigenvalue weighted by Crippen LogP contribution is 2.54. The molecule has 14 nitrogen and oxygen atoms in total. The second-order valence-electron chi connectivity index (χ2n) is 19.4. The number of allylic oxidation sites excluding steroid dienone is 2. The Hall–Kier alpha value is -6.07. The summed E-state index contributed by atoms with van der Waals surface area (Å²) in [5.74, 6) is -1.37. The molecule has 17 heteroatoms. The highest BCUT2D eigenvalue weighted by molar-refractivity contribution is 7.90. The summed E-state index contributed by atoms with van der Waals surface area (Å²) < 4.78 is 68.0. The van der Waals surface area contributed by atoms with Gasteiger partial charge in [-0.25, -0.2) is 26.9 Å². The number of nitrogens with zero attached hydrogens (tertiary/aromatic N) is 4. The number of hydrogen-bond acceptors (Lipinski definition) is 11. The van der Waals surface area contributed by atoms with Crippen molar-refractivity contribution >= 4 is 44.0 Å². The van der Waals surface area contributed by atoms with E-state index in [4.69, 9.17) is 4.74 Å². The van der Waals surface area contributed by atoms with Crippen LogP contribution in [0.1, 0.15) is 113 Å². The molecule has 4 N–H and O–H groups in total. The number of sulfonamides is 1. The number of nitrogens with one attached hydrogen (secondary N) is 4. The van der Waals surface area contributed by atoms with Crippen molar-refractivity contribution in [3.05, 3.63) is 123 Å². The number of carbonyl (C=O) groups excluding carboxylic acids is 1.